The number of hydrogen-bond donors (Lipinski definition) is 2. The number of fused-ring (bicyclic) bond motifs is 1. The second-order valence-corrected chi connectivity index (χ2v) is 8.06. The molecule has 0 radical (unpaired) electrons. The SMILES string of the molecule is Cc1ccc(NC(=O)c2cccc(C(F)(F)F)c2)cc1Nc1nc(-c2cccnc2)cn2ccnc12. The molecule has 7 nitrogen and oxygen atoms in total. The molecule has 5 aromatic rings. The zero-order chi connectivity index (χ0) is 25.3. The van der Waals surface area contributed by atoms with E-state index in [1.54, 1.807) is 43.0 Å². The maximum atomic E-state index is 13.0. The molecule has 1 amide bonds. The van der Waals surface area contributed by atoms with Gasteiger partial charge in [0.05, 0.1) is 11.3 Å². The second-order valence-electron chi connectivity index (χ2n) is 8.06. The maximum Gasteiger partial charge on any atom is 0.416 e. The van der Waals surface area contributed by atoms with Gasteiger partial charge in [-0.05, 0) is 55.0 Å². The molecular weight excluding hydrogens is 469 g/mol. The number of aromatic nitrogens is 4. The van der Waals surface area contributed by atoms with E-state index in [4.69, 9.17) is 4.98 Å². The number of hydrogen-bond acceptors (Lipinski definition) is 5. The molecule has 0 aliphatic rings. The van der Waals surface area contributed by atoms with Gasteiger partial charge in [0.25, 0.3) is 5.91 Å². The number of carbonyl (C=O) groups is 1. The smallest absolute Gasteiger partial charge is 0.337 e. The van der Waals surface area contributed by atoms with Gasteiger partial charge >= 0.3 is 6.18 Å². The highest BCUT2D eigenvalue weighted by atomic mass is 19.4. The van der Waals surface area contributed by atoms with Crippen molar-refractivity contribution in [2.24, 2.45) is 0 Å². The Morgan fingerprint density at radius 3 is 2.67 bits per heavy atom. The van der Waals surface area contributed by atoms with E-state index >= 15 is 0 Å². The predicted molar refractivity (Wildman–Crippen MR) is 130 cm³/mol. The van der Waals surface area contributed by atoms with Gasteiger partial charge in [-0.1, -0.05) is 12.1 Å². The Hall–Kier alpha value is -4.73. The molecular formula is C26H19F3N6O. The van der Waals surface area contributed by atoms with Gasteiger partial charge in [0.1, 0.15) is 0 Å². The molecule has 2 aromatic carbocycles. The minimum absolute atomic E-state index is 0.0927. The van der Waals surface area contributed by atoms with Gasteiger partial charge in [-0.3, -0.25) is 9.78 Å². The first-order valence-electron chi connectivity index (χ1n) is 10.9. The normalized spacial score (nSPS) is 11.4. The van der Waals surface area contributed by atoms with Crippen LogP contribution < -0.4 is 10.6 Å². The monoisotopic (exact) mass is 488 g/mol. The Balaban J connectivity index is 1.44. The number of halogens is 3. The van der Waals surface area contributed by atoms with Gasteiger partial charge in [-0.2, -0.15) is 13.2 Å². The molecule has 0 aliphatic carbocycles. The van der Waals surface area contributed by atoms with Crippen molar-refractivity contribution in [3.05, 3.63) is 102 Å². The van der Waals surface area contributed by atoms with Crippen molar-refractivity contribution in [2.75, 3.05) is 10.6 Å². The molecule has 0 saturated heterocycles. The molecule has 0 unspecified atom stereocenters. The molecule has 2 N–H and O–H groups in total. The van der Waals surface area contributed by atoms with E-state index in [1.165, 1.54) is 12.1 Å². The number of benzene rings is 2. The molecule has 3 heterocycles. The zero-order valence-corrected chi connectivity index (χ0v) is 18.9. The molecule has 5 rings (SSSR count). The van der Waals surface area contributed by atoms with Crippen LogP contribution in [0.15, 0.2) is 85.6 Å². The van der Waals surface area contributed by atoms with Crippen LogP contribution in [-0.4, -0.2) is 25.3 Å². The van der Waals surface area contributed by atoms with Gasteiger partial charge < -0.3 is 15.0 Å². The zero-order valence-electron chi connectivity index (χ0n) is 18.9. The molecule has 10 heteroatoms. The Bertz CT molecular complexity index is 1560. The van der Waals surface area contributed by atoms with Crippen molar-refractivity contribution >= 4 is 28.7 Å². The number of rotatable bonds is 5. The number of anilines is 3. The molecule has 0 bridgehead atoms. The van der Waals surface area contributed by atoms with Crippen LogP contribution in [0.3, 0.4) is 0 Å². The molecule has 0 atom stereocenters. The third kappa shape index (κ3) is 4.74. The van der Waals surface area contributed by atoms with Crippen LogP contribution in [0, 0.1) is 6.92 Å². The van der Waals surface area contributed by atoms with E-state index in [0.717, 1.165) is 23.3 Å². The van der Waals surface area contributed by atoms with Crippen LogP contribution in [0.1, 0.15) is 21.5 Å². The fraction of sp³-hybridized carbons (Fsp3) is 0.0769. The summed E-state index contributed by atoms with van der Waals surface area (Å²) in [6.07, 6.45) is 4.18. The Morgan fingerprint density at radius 2 is 1.89 bits per heavy atom. The van der Waals surface area contributed by atoms with Crippen molar-refractivity contribution in [3.63, 3.8) is 0 Å². The number of nitrogens with one attached hydrogen (secondary N) is 2. The molecule has 0 saturated carbocycles. The third-order valence-corrected chi connectivity index (χ3v) is 5.53. The van der Waals surface area contributed by atoms with E-state index < -0.39 is 17.6 Å². The van der Waals surface area contributed by atoms with E-state index in [-0.39, 0.29) is 5.56 Å². The summed E-state index contributed by atoms with van der Waals surface area (Å²) in [5.41, 5.74) is 3.06. The van der Waals surface area contributed by atoms with Crippen molar-refractivity contribution in [1.29, 1.82) is 0 Å². The minimum atomic E-state index is -4.53. The standard InChI is InChI=1S/C26H19F3N6O/c1-16-7-8-20(32-25(36)17-4-2-6-19(12-17)26(27,28)29)13-21(16)33-23-24-31-10-11-35(24)15-22(34-23)18-5-3-9-30-14-18/h2-15H,1H3,(H,32,36)(H,33,34). The number of alkyl halides is 3. The first-order chi connectivity index (χ1) is 17.3. The number of nitrogens with zero attached hydrogens (tertiary/aromatic N) is 4. The quantitative estimate of drug-likeness (QED) is 0.312. The van der Waals surface area contributed by atoms with Crippen LogP contribution in [0.4, 0.5) is 30.4 Å². The molecule has 0 spiro atoms. The highest BCUT2D eigenvalue weighted by molar-refractivity contribution is 6.04. The average molecular weight is 488 g/mol. The fourth-order valence-corrected chi connectivity index (χ4v) is 3.67. The number of pyridine rings is 1. The number of imidazole rings is 1. The summed E-state index contributed by atoms with van der Waals surface area (Å²) in [6.45, 7) is 1.88. The third-order valence-electron chi connectivity index (χ3n) is 5.53. The summed E-state index contributed by atoms with van der Waals surface area (Å²) in [5, 5.41) is 5.94. The van der Waals surface area contributed by atoms with Gasteiger partial charge in [-0.15, -0.1) is 0 Å². The topological polar surface area (TPSA) is 84.2 Å². The van der Waals surface area contributed by atoms with Crippen molar-refractivity contribution in [2.45, 2.75) is 13.1 Å². The number of aryl methyl sites for hydroxylation is 1. The van der Waals surface area contributed by atoms with Gasteiger partial charge in [0, 0.05) is 53.5 Å². The Morgan fingerprint density at radius 1 is 1.03 bits per heavy atom. The van der Waals surface area contributed by atoms with E-state index in [9.17, 15) is 18.0 Å². The number of amides is 1. The Kier molecular flexibility index (Phi) is 5.85. The van der Waals surface area contributed by atoms with Gasteiger partial charge in [0.2, 0.25) is 0 Å². The molecule has 3 aromatic heterocycles. The summed E-state index contributed by atoms with van der Waals surface area (Å²) < 4.78 is 40.9. The van der Waals surface area contributed by atoms with Crippen LogP contribution in [0.2, 0.25) is 0 Å². The van der Waals surface area contributed by atoms with E-state index in [2.05, 4.69) is 20.6 Å². The lowest BCUT2D eigenvalue weighted by Crippen LogP contribution is -2.14. The molecule has 180 valence electrons. The van der Waals surface area contributed by atoms with Gasteiger partial charge in [0.15, 0.2) is 11.5 Å². The highest BCUT2D eigenvalue weighted by Gasteiger charge is 2.30. The lowest BCUT2D eigenvalue weighted by Gasteiger charge is -2.14. The van der Waals surface area contributed by atoms with Crippen LogP contribution >= 0.6 is 0 Å². The van der Waals surface area contributed by atoms with Gasteiger partial charge in [-0.25, -0.2) is 9.97 Å². The van der Waals surface area contributed by atoms with Crippen LogP contribution in [-0.2, 0) is 6.18 Å². The maximum absolute atomic E-state index is 13.0. The predicted octanol–water partition coefficient (Wildman–Crippen LogP) is 6.11. The lowest BCUT2D eigenvalue weighted by molar-refractivity contribution is -0.137. The number of carbonyl (C=O) groups excluding carboxylic acids is 1. The second kappa shape index (κ2) is 9.14. The first-order valence-corrected chi connectivity index (χ1v) is 10.9. The lowest BCUT2D eigenvalue weighted by atomic mass is 10.1. The summed E-state index contributed by atoms with van der Waals surface area (Å²) in [6, 6.07) is 13.2. The van der Waals surface area contributed by atoms with Crippen molar-refractivity contribution in [1.82, 2.24) is 19.4 Å². The van der Waals surface area contributed by atoms with Crippen molar-refractivity contribution < 1.29 is 18.0 Å². The van der Waals surface area contributed by atoms with Crippen molar-refractivity contribution in [3.8, 4) is 11.3 Å². The summed E-state index contributed by atoms with van der Waals surface area (Å²) >= 11 is 0. The fourth-order valence-electron chi connectivity index (χ4n) is 3.67. The largest absolute Gasteiger partial charge is 0.416 e. The first kappa shape index (κ1) is 23.0. The molecule has 36 heavy (non-hydrogen) atoms. The van der Waals surface area contributed by atoms with E-state index in [1.807, 2.05) is 29.7 Å². The van der Waals surface area contributed by atoms with E-state index in [0.29, 0.717) is 28.5 Å². The summed E-state index contributed by atoms with van der Waals surface area (Å²) in [4.78, 5) is 25.9. The van der Waals surface area contributed by atoms with Crippen LogP contribution in [0.5, 0.6) is 0 Å². The van der Waals surface area contributed by atoms with Crippen LogP contribution in [0.25, 0.3) is 16.9 Å². The summed E-state index contributed by atoms with van der Waals surface area (Å²) in [7, 11) is 0. The highest BCUT2D eigenvalue weighted by Crippen LogP contribution is 2.30. The molecule has 0 fully saturated rings. The Labute approximate surface area is 203 Å². The molecule has 0 aliphatic heterocycles. The average Bonchev–Trinajstić information content (AvgIpc) is 3.35. The minimum Gasteiger partial charge on any atom is -0.337 e. The summed E-state index contributed by atoms with van der Waals surface area (Å²) in [5.74, 6) is -0.158.